The van der Waals surface area contributed by atoms with Crippen molar-refractivity contribution in [2.45, 2.75) is 70.9 Å². The number of nitrogens with one attached hydrogen (secondary N) is 1. The van der Waals surface area contributed by atoms with E-state index in [9.17, 15) is 9.59 Å². The van der Waals surface area contributed by atoms with Gasteiger partial charge in [-0.3, -0.25) is 14.5 Å². The summed E-state index contributed by atoms with van der Waals surface area (Å²) in [5.41, 5.74) is 0. The van der Waals surface area contributed by atoms with E-state index >= 15 is 0 Å². The van der Waals surface area contributed by atoms with Crippen LogP contribution in [-0.4, -0.2) is 59.9 Å². The average molecular weight is 335 g/mol. The van der Waals surface area contributed by atoms with Gasteiger partial charge in [0.1, 0.15) is 12.1 Å². The van der Waals surface area contributed by atoms with Crippen molar-refractivity contribution in [2.24, 2.45) is 11.8 Å². The average Bonchev–Trinajstić information content (AvgIpc) is 2.58. The Morgan fingerprint density at radius 3 is 2.58 bits per heavy atom. The van der Waals surface area contributed by atoms with Gasteiger partial charge in [-0.15, -0.1) is 0 Å². The summed E-state index contributed by atoms with van der Waals surface area (Å²) in [7, 11) is 0. The summed E-state index contributed by atoms with van der Waals surface area (Å²) in [6.45, 7) is 7.77. The van der Waals surface area contributed by atoms with Gasteiger partial charge in [-0.25, -0.2) is 0 Å². The second-order valence-electron chi connectivity index (χ2n) is 8.33. The largest absolute Gasteiger partial charge is 0.342 e. The maximum Gasteiger partial charge on any atom is 0.245 e. The van der Waals surface area contributed by atoms with E-state index in [0.717, 1.165) is 25.9 Å². The molecule has 0 aromatic heterocycles. The molecule has 0 aromatic rings. The van der Waals surface area contributed by atoms with Crippen LogP contribution in [0.3, 0.4) is 0 Å². The molecule has 1 N–H and O–H groups in total. The molecule has 2 atom stereocenters. The first-order valence-corrected chi connectivity index (χ1v) is 9.88. The first kappa shape index (κ1) is 17.7. The minimum absolute atomic E-state index is 0.0599. The zero-order valence-corrected chi connectivity index (χ0v) is 15.3. The number of hydrogen-bond donors (Lipinski definition) is 1. The van der Waals surface area contributed by atoms with Gasteiger partial charge in [-0.2, -0.15) is 0 Å². The molecule has 0 spiro atoms. The molecule has 2 amide bonds. The second kappa shape index (κ2) is 7.85. The number of amides is 2. The lowest BCUT2D eigenvalue weighted by atomic mass is 9.84. The lowest BCUT2D eigenvalue weighted by Crippen LogP contribution is -2.69. The summed E-state index contributed by atoms with van der Waals surface area (Å²) < 4.78 is 0. The van der Waals surface area contributed by atoms with Crippen molar-refractivity contribution in [3.63, 3.8) is 0 Å². The first-order valence-electron chi connectivity index (χ1n) is 9.88. The van der Waals surface area contributed by atoms with Crippen molar-refractivity contribution < 1.29 is 9.59 Å². The van der Waals surface area contributed by atoms with Crippen LogP contribution in [0.4, 0.5) is 0 Å². The number of rotatable bonds is 5. The molecule has 3 aliphatic rings. The van der Waals surface area contributed by atoms with Crippen LogP contribution in [0, 0.1) is 11.8 Å². The molecule has 24 heavy (non-hydrogen) atoms. The zero-order chi connectivity index (χ0) is 17.1. The summed E-state index contributed by atoms with van der Waals surface area (Å²) in [6, 6.07) is -0.555. The van der Waals surface area contributed by atoms with Gasteiger partial charge in [0.05, 0.1) is 0 Å². The number of carbonyl (C=O) groups is 2. The molecule has 136 valence electrons. The van der Waals surface area contributed by atoms with Crippen molar-refractivity contribution in [2.75, 3.05) is 26.2 Å². The minimum Gasteiger partial charge on any atom is -0.342 e. The van der Waals surface area contributed by atoms with Crippen molar-refractivity contribution >= 4 is 11.8 Å². The van der Waals surface area contributed by atoms with Crippen LogP contribution in [0.5, 0.6) is 0 Å². The lowest BCUT2D eigenvalue weighted by Gasteiger charge is -2.46. The molecule has 2 saturated heterocycles. The number of carbonyl (C=O) groups excluding carboxylic acids is 2. The second-order valence-corrected chi connectivity index (χ2v) is 8.33. The monoisotopic (exact) mass is 335 g/mol. The van der Waals surface area contributed by atoms with Crippen LogP contribution >= 0.6 is 0 Å². The summed E-state index contributed by atoms with van der Waals surface area (Å²) in [6.07, 6.45) is 8.28. The Kier molecular flexibility index (Phi) is 5.80. The fraction of sp³-hybridized carbons (Fsp3) is 0.895. The SMILES string of the molecule is CC(C)CCN1CCN2C(=O)[C@H](CC3CCCCC3)NC(=O)[C@H]2C1. The molecule has 1 aliphatic carbocycles. The Labute approximate surface area is 146 Å². The van der Waals surface area contributed by atoms with Crippen molar-refractivity contribution in [3.05, 3.63) is 0 Å². The van der Waals surface area contributed by atoms with Crippen LogP contribution in [0.15, 0.2) is 0 Å². The lowest BCUT2D eigenvalue weighted by molar-refractivity contribution is -0.153. The maximum absolute atomic E-state index is 12.8. The van der Waals surface area contributed by atoms with E-state index in [2.05, 4.69) is 24.1 Å². The smallest absolute Gasteiger partial charge is 0.245 e. The summed E-state index contributed by atoms with van der Waals surface area (Å²) in [5, 5.41) is 3.04. The third kappa shape index (κ3) is 4.11. The highest BCUT2D eigenvalue weighted by molar-refractivity contribution is 5.97. The quantitative estimate of drug-likeness (QED) is 0.836. The first-order chi connectivity index (χ1) is 11.5. The molecule has 5 nitrogen and oxygen atoms in total. The van der Waals surface area contributed by atoms with Gasteiger partial charge < -0.3 is 10.2 Å². The van der Waals surface area contributed by atoms with Crippen LogP contribution in [0.2, 0.25) is 0 Å². The highest BCUT2D eigenvalue weighted by atomic mass is 16.2. The van der Waals surface area contributed by atoms with Gasteiger partial charge in [-0.05, 0) is 31.2 Å². The van der Waals surface area contributed by atoms with Crippen molar-refractivity contribution in [3.8, 4) is 0 Å². The molecular formula is C19H33N3O2. The van der Waals surface area contributed by atoms with Crippen LogP contribution in [-0.2, 0) is 9.59 Å². The molecule has 0 radical (unpaired) electrons. The van der Waals surface area contributed by atoms with E-state index in [1.54, 1.807) is 0 Å². The molecule has 5 heteroatoms. The number of piperazine rings is 2. The molecule has 2 heterocycles. The molecule has 3 fully saturated rings. The molecule has 2 aliphatic heterocycles. The molecule has 1 saturated carbocycles. The van der Waals surface area contributed by atoms with E-state index in [-0.39, 0.29) is 23.9 Å². The fourth-order valence-electron chi connectivity index (χ4n) is 4.42. The number of hydrogen-bond acceptors (Lipinski definition) is 3. The van der Waals surface area contributed by atoms with Crippen LogP contribution in [0.25, 0.3) is 0 Å². The minimum atomic E-state index is -0.279. The summed E-state index contributed by atoms with van der Waals surface area (Å²) >= 11 is 0. The molecule has 0 bridgehead atoms. The van der Waals surface area contributed by atoms with Gasteiger partial charge >= 0.3 is 0 Å². The Bertz CT molecular complexity index is 460. The predicted octanol–water partition coefficient (Wildman–Crippen LogP) is 2.01. The maximum atomic E-state index is 12.8. The Balaban J connectivity index is 1.56. The van der Waals surface area contributed by atoms with E-state index in [1.165, 1.54) is 32.1 Å². The molecule has 0 aromatic carbocycles. The number of fused-ring (bicyclic) bond motifs is 1. The van der Waals surface area contributed by atoms with Gasteiger partial charge in [-0.1, -0.05) is 46.0 Å². The predicted molar refractivity (Wildman–Crippen MR) is 94.5 cm³/mol. The highest BCUT2D eigenvalue weighted by Gasteiger charge is 2.43. The molecule has 0 unspecified atom stereocenters. The summed E-state index contributed by atoms with van der Waals surface area (Å²) in [4.78, 5) is 29.6. The van der Waals surface area contributed by atoms with Crippen molar-refractivity contribution in [1.29, 1.82) is 0 Å². The van der Waals surface area contributed by atoms with Gasteiger partial charge in [0.15, 0.2) is 0 Å². The normalized spacial score (nSPS) is 29.7. The molecular weight excluding hydrogens is 302 g/mol. The summed E-state index contributed by atoms with van der Waals surface area (Å²) in [5.74, 6) is 1.50. The topological polar surface area (TPSA) is 52.6 Å². The van der Waals surface area contributed by atoms with Gasteiger partial charge in [0.2, 0.25) is 11.8 Å². The third-order valence-electron chi connectivity index (χ3n) is 5.98. The van der Waals surface area contributed by atoms with E-state index < -0.39 is 0 Å². The number of nitrogens with zero attached hydrogens (tertiary/aromatic N) is 2. The van der Waals surface area contributed by atoms with E-state index in [1.807, 2.05) is 4.90 Å². The Hall–Kier alpha value is -1.10. The fourth-order valence-corrected chi connectivity index (χ4v) is 4.42. The van der Waals surface area contributed by atoms with Gasteiger partial charge in [0, 0.05) is 19.6 Å². The Morgan fingerprint density at radius 2 is 1.88 bits per heavy atom. The van der Waals surface area contributed by atoms with Gasteiger partial charge in [0.25, 0.3) is 0 Å². The van der Waals surface area contributed by atoms with Crippen molar-refractivity contribution in [1.82, 2.24) is 15.1 Å². The molecule has 3 rings (SSSR count). The third-order valence-corrected chi connectivity index (χ3v) is 5.98. The highest BCUT2D eigenvalue weighted by Crippen LogP contribution is 2.29. The Morgan fingerprint density at radius 1 is 1.12 bits per heavy atom. The van der Waals surface area contributed by atoms with Crippen LogP contribution < -0.4 is 5.32 Å². The standard InChI is InChI=1S/C19H33N3O2/c1-14(2)8-9-21-10-11-22-17(13-21)18(23)20-16(19(22)24)12-15-6-4-3-5-7-15/h14-17H,3-13H2,1-2H3,(H,20,23)/t16-,17+/m0/s1. The zero-order valence-electron chi connectivity index (χ0n) is 15.3. The van der Waals surface area contributed by atoms with Crippen LogP contribution in [0.1, 0.15) is 58.8 Å². The van der Waals surface area contributed by atoms with E-state index in [0.29, 0.717) is 24.9 Å². The van der Waals surface area contributed by atoms with E-state index in [4.69, 9.17) is 0 Å².